The first kappa shape index (κ1) is 17.5. The maximum atomic E-state index is 10.9. The number of phenols is 1. The summed E-state index contributed by atoms with van der Waals surface area (Å²) >= 11 is 0. The zero-order valence-electron chi connectivity index (χ0n) is 9.95. The van der Waals surface area contributed by atoms with Gasteiger partial charge in [0.05, 0.1) is 4.90 Å². The molecule has 7 nitrogen and oxygen atoms in total. The topological polar surface area (TPSA) is 129 Å². The molecule has 1 aromatic rings. The van der Waals surface area contributed by atoms with Crippen LogP contribution < -0.4 is 51.4 Å². The Hall–Kier alpha value is 0.476. The summed E-state index contributed by atoms with van der Waals surface area (Å²) in [5, 5.41) is 9.20. The minimum Gasteiger partial charge on any atom is -1.00 e. The Morgan fingerprint density at radius 3 is 1.88 bits per heavy atom. The van der Waals surface area contributed by atoms with Gasteiger partial charge in [-0.15, -0.1) is 0 Å². The van der Waals surface area contributed by atoms with Crippen molar-refractivity contribution >= 4 is 20.2 Å². The number of phenolic OH excluding ortho intramolecular Hbond substituents is 1. The van der Waals surface area contributed by atoms with Crippen LogP contribution in [0.15, 0.2) is 21.9 Å². The van der Waals surface area contributed by atoms with Gasteiger partial charge in [-0.25, -0.2) is 0 Å². The number of aromatic hydroxyl groups is 1. The Kier molecular flexibility index (Phi) is 5.79. The third-order valence-corrected chi connectivity index (χ3v) is 3.90. The molecule has 0 atom stereocenters. The Bertz CT molecular complexity index is 638. The minimum absolute atomic E-state index is 0. The van der Waals surface area contributed by atoms with Crippen molar-refractivity contribution in [2.45, 2.75) is 16.7 Å². The summed E-state index contributed by atoms with van der Waals surface area (Å²) in [5.74, 6) is -0.799. The minimum atomic E-state index is -4.77. The normalized spacial score (nSPS) is 11.9. The van der Waals surface area contributed by atoms with Gasteiger partial charge in [0.25, 0.3) is 20.2 Å². The van der Waals surface area contributed by atoms with Crippen molar-refractivity contribution in [3.63, 3.8) is 0 Å². The van der Waals surface area contributed by atoms with E-state index in [1.807, 2.05) is 0 Å². The molecule has 17 heavy (non-hydrogen) atoms. The van der Waals surface area contributed by atoms with Crippen LogP contribution in [0, 0.1) is 6.92 Å². The molecule has 0 unspecified atom stereocenters. The predicted molar refractivity (Wildman–Crippen MR) is 53.6 cm³/mol. The summed E-state index contributed by atoms with van der Waals surface area (Å²) in [5.41, 5.74) is -0.454. The van der Waals surface area contributed by atoms with E-state index in [1.165, 1.54) is 0 Å². The van der Waals surface area contributed by atoms with E-state index >= 15 is 0 Å². The molecule has 0 aliphatic heterocycles. The van der Waals surface area contributed by atoms with Crippen LogP contribution in [0.5, 0.6) is 5.75 Å². The Morgan fingerprint density at radius 1 is 1.06 bits per heavy atom. The number of rotatable bonds is 2. The van der Waals surface area contributed by atoms with E-state index in [0.717, 1.165) is 19.1 Å². The summed E-state index contributed by atoms with van der Waals surface area (Å²) in [4.78, 5) is -1.64. The van der Waals surface area contributed by atoms with Gasteiger partial charge in [0.1, 0.15) is 10.6 Å². The summed E-state index contributed by atoms with van der Waals surface area (Å²) in [6.07, 6.45) is 0. The van der Waals surface area contributed by atoms with Gasteiger partial charge in [0.15, 0.2) is 0 Å². The predicted octanol–water partition coefficient (Wildman–Crippen LogP) is -2.69. The molecule has 0 aromatic heterocycles. The Morgan fingerprint density at radius 2 is 1.53 bits per heavy atom. The van der Waals surface area contributed by atoms with Crippen molar-refractivity contribution in [3.8, 4) is 5.75 Å². The van der Waals surface area contributed by atoms with Crippen LogP contribution in [-0.2, 0) is 20.2 Å². The van der Waals surface area contributed by atoms with Crippen molar-refractivity contribution in [1.29, 1.82) is 0 Å². The molecule has 0 heterocycles. The summed E-state index contributed by atoms with van der Waals surface area (Å²) < 4.78 is 61.0. The molecule has 10 heteroatoms. The molecule has 0 aliphatic carbocycles. The fourth-order valence-electron chi connectivity index (χ4n) is 1.26. The molecule has 0 amide bonds. The van der Waals surface area contributed by atoms with Crippen molar-refractivity contribution in [3.05, 3.63) is 17.7 Å². The SMILES string of the molecule is Cc1c(S(=O)(=O)O)ccc(O)c1S(=O)(=O)O.[H-].[K+]. The fourth-order valence-corrected chi connectivity index (χ4v) is 2.89. The van der Waals surface area contributed by atoms with Gasteiger partial charge in [0, 0.05) is 0 Å². The van der Waals surface area contributed by atoms with Gasteiger partial charge in [0.2, 0.25) is 0 Å². The number of hydrogen-bond acceptors (Lipinski definition) is 5. The van der Waals surface area contributed by atoms with Gasteiger partial charge in [-0.05, 0) is 24.6 Å². The van der Waals surface area contributed by atoms with E-state index in [-0.39, 0.29) is 52.8 Å². The van der Waals surface area contributed by atoms with Gasteiger partial charge in [-0.2, -0.15) is 16.8 Å². The maximum Gasteiger partial charge on any atom is 1.00 e. The van der Waals surface area contributed by atoms with E-state index in [1.54, 1.807) is 0 Å². The van der Waals surface area contributed by atoms with Gasteiger partial charge in [-0.3, -0.25) is 9.11 Å². The van der Waals surface area contributed by atoms with E-state index in [2.05, 4.69) is 0 Å². The van der Waals surface area contributed by atoms with Gasteiger partial charge in [-0.1, -0.05) is 0 Å². The van der Waals surface area contributed by atoms with E-state index in [9.17, 15) is 21.9 Å². The van der Waals surface area contributed by atoms with Crippen molar-refractivity contribution in [2.24, 2.45) is 0 Å². The average Bonchev–Trinajstić information content (AvgIpc) is 1.97. The number of hydrogen-bond donors (Lipinski definition) is 3. The molecule has 1 rings (SSSR count). The fraction of sp³-hybridized carbons (Fsp3) is 0.143. The monoisotopic (exact) mass is 308 g/mol. The van der Waals surface area contributed by atoms with Crippen LogP contribution >= 0.6 is 0 Å². The molecule has 0 saturated heterocycles. The van der Waals surface area contributed by atoms with Crippen molar-refractivity contribution in [1.82, 2.24) is 0 Å². The van der Waals surface area contributed by atoms with Gasteiger partial charge < -0.3 is 6.53 Å². The van der Waals surface area contributed by atoms with Crippen LogP contribution in [0.4, 0.5) is 0 Å². The van der Waals surface area contributed by atoms with Crippen LogP contribution in [0.25, 0.3) is 0 Å². The molecule has 0 bridgehead atoms. The summed E-state index contributed by atoms with van der Waals surface area (Å²) in [7, 11) is -9.39. The summed E-state index contributed by atoms with van der Waals surface area (Å²) in [6, 6.07) is 1.58. The van der Waals surface area contributed by atoms with Crippen LogP contribution in [0.1, 0.15) is 6.99 Å². The Balaban J connectivity index is 0. The molecule has 3 N–H and O–H groups in total. The summed E-state index contributed by atoms with van der Waals surface area (Å²) in [6.45, 7) is 1.03. The van der Waals surface area contributed by atoms with Crippen LogP contribution in [0.3, 0.4) is 0 Å². The van der Waals surface area contributed by atoms with E-state index in [4.69, 9.17) is 9.11 Å². The first-order valence-corrected chi connectivity index (χ1v) is 6.70. The average molecular weight is 308 g/mol. The smallest absolute Gasteiger partial charge is 1.00 e. The molecular formula is C7H9KO7S2. The second kappa shape index (κ2) is 5.63. The van der Waals surface area contributed by atoms with Crippen LogP contribution in [-0.4, -0.2) is 31.0 Å². The Labute approximate surface area is 142 Å². The number of benzene rings is 1. The quantitative estimate of drug-likeness (QED) is 0.401. The third kappa shape index (κ3) is 3.97. The molecule has 0 saturated carbocycles. The first-order chi connectivity index (χ1) is 7.05. The standard InChI is InChI=1S/C7H8O7S2.K.H/c1-4-6(15(9,10)11)3-2-5(8)7(4)16(12,13)14;;/h2-3,8H,1H3,(H,9,10,11)(H,12,13,14);;/q;+1;-1. The second-order valence-corrected chi connectivity index (χ2v) is 5.74. The third-order valence-electron chi connectivity index (χ3n) is 1.87. The van der Waals surface area contributed by atoms with Gasteiger partial charge >= 0.3 is 51.4 Å². The van der Waals surface area contributed by atoms with Crippen molar-refractivity contribution in [2.75, 3.05) is 0 Å². The van der Waals surface area contributed by atoms with Crippen LogP contribution in [0.2, 0.25) is 0 Å². The van der Waals surface area contributed by atoms with E-state index in [0.29, 0.717) is 0 Å². The molecule has 0 radical (unpaired) electrons. The van der Waals surface area contributed by atoms with E-state index < -0.39 is 41.3 Å². The molecule has 0 spiro atoms. The molecule has 1 aromatic carbocycles. The molecule has 0 aliphatic rings. The molecule has 0 fully saturated rings. The molecule has 92 valence electrons. The largest absolute Gasteiger partial charge is 1.00 e. The van der Waals surface area contributed by atoms with Crippen molar-refractivity contribution < 1.29 is 83.9 Å². The maximum absolute atomic E-state index is 10.9. The second-order valence-electron chi connectivity index (χ2n) is 2.99. The molecular weight excluding hydrogens is 299 g/mol. The first-order valence-electron chi connectivity index (χ1n) is 3.82. The zero-order valence-corrected chi connectivity index (χ0v) is 13.7. The zero-order chi connectivity index (χ0) is 12.7.